The van der Waals surface area contributed by atoms with Crippen LogP contribution >= 0.6 is 0 Å². The molecule has 0 fully saturated rings. The molecule has 2 heterocycles. The fraction of sp³-hybridized carbons (Fsp3) is 0.333. The van der Waals surface area contributed by atoms with Crippen molar-refractivity contribution in [2.45, 2.75) is 39.3 Å². The number of benzene rings is 1. The van der Waals surface area contributed by atoms with Crippen LogP contribution in [-0.4, -0.2) is 35.0 Å². The maximum atomic E-state index is 13.2. The summed E-state index contributed by atoms with van der Waals surface area (Å²) in [6.07, 6.45) is 1.65. The first-order chi connectivity index (χ1) is 16.4. The van der Waals surface area contributed by atoms with Crippen molar-refractivity contribution >= 4 is 23.2 Å². The molecule has 0 radical (unpaired) electrons. The van der Waals surface area contributed by atoms with Crippen LogP contribution in [-0.2, 0) is 24.2 Å². The van der Waals surface area contributed by atoms with Gasteiger partial charge in [0.05, 0.1) is 18.7 Å². The van der Waals surface area contributed by atoms with Gasteiger partial charge in [-0.2, -0.15) is 0 Å². The summed E-state index contributed by atoms with van der Waals surface area (Å²) in [5.74, 6) is -0.241. The predicted octanol–water partition coefficient (Wildman–Crippen LogP) is 2.47. The summed E-state index contributed by atoms with van der Waals surface area (Å²) in [4.78, 5) is 53.1. The van der Waals surface area contributed by atoms with Gasteiger partial charge in [-0.3, -0.25) is 23.9 Å². The van der Waals surface area contributed by atoms with Gasteiger partial charge in [0.1, 0.15) is 17.3 Å². The molecule has 0 saturated carbocycles. The number of methoxy groups -OCH3 is 1. The first-order valence-electron chi connectivity index (χ1n) is 11.0. The molecule has 3 N–H and O–H groups in total. The molecule has 0 spiro atoms. The van der Waals surface area contributed by atoms with Gasteiger partial charge in [0.15, 0.2) is 11.5 Å². The van der Waals surface area contributed by atoms with Gasteiger partial charge in [-0.25, -0.2) is 4.79 Å². The average molecular weight is 466 g/mol. The average Bonchev–Trinajstić information content (AvgIpc) is 3.17. The van der Waals surface area contributed by atoms with Crippen LogP contribution in [0.4, 0.5) is 11.5 Å². The third-order valence-corrected chi connectivity index (χ3v) is 5.77. The van der Waals surface area contributed by atoms with E-state index in [1.54, 1.807) is 6.92 Å². The van der Waals surface area contributed by atoms with E-state index in [-0.39, 0.29) is 42.7 Å². The van der Waals surface area contributed by atoms with Crippen LogP contribution in [0, 0.1) is 6.92 Å². The zero-order valence-electron chi connectivity index (χ0n) is 19.0. The molecule has 4 rings (SSSR count). The van der Waals surface area contributed by atoms with Crippen molar-refractivity contribution in [3.05, 3.63) is 79.4 Å². The van der Waals surface area contributed by atoms with Gasteiger partial charge < -0.3 is 19.8 Å². The smallest absolute Gasteiger partial charge is 0.330 e. The number of hydrogen-bond acceptors (Lipinski definition) is 7. The molecule has 10 heteroatoms. The second kappa shape index (κ2) is 9.92. The molecule has 0 bridgehead atoms. The summed E-state index contributed by atoms with van der Waals surface area (Å²) in [6, 6.07) is 9.38. The number of nitrogens with zero attached hydrogens (tertiary/aromatic N) is 1. The number of carbonyl (C=O) groups excluding carboxylic acids is 2. The number of carbonyl (C=O) groups is 2. The van der Waals surface area contributed by atoms with Crippen LogP contribution in [0.2, 0.25) is 0 Å². The molecule has 0 saturated heterocycles. The van der Waals surface area contributed by atoms with E-state index < -0.39 is 17.2 Å². The molecule has 34 heavy (non-hydrogen) atoms. The largest absolute Gasteiger partial charge is 0.455 e. The van der Waals surface area contributed by atoms with E-state index in [1.807, 2.05) is 30.3 Å². The lowest BCUT2D eigenvalue weighted by Gasteiger charge is -2.17. The number of fused-ring (bicyclic) bond motifs is 1. The zero-order chi connectivity index (χ0) is 24.2. The maximum absolute atomic E-state index is 13.2. The Labute approximate surface area is 194 Å². The predicted molar refractivity (Wildman–Crippen MR) is 126 cm³/mol. The second-order valence-corrected chi connectivity index (χ2v) is 8.05. The van der Waals surface area contributed by atoms with E-state index in [4.69, 9.17) is 9.15 Å². The minimum Gasteiger partial charge on any atom is -0.455 e. The molecule has 3 aromatic rings. The molecule has 2 aromatic heterocycles. The van der Waals surface area contributed by atoms with Crippen molar-refractivity contribution in [3.8, 4) is 0 Å². The summed E-state index contributed by atoms with van der Waals surface area (Å²) in [5.41, 5.74) is 0.469. The highest BCUT2D eigenvalue weighted by Crippen LogP contribution is 2.30. The fourth-order valence-corrected chi connectivity index (χ4v) is 4.08. The number of amides is 1. The number of hydrogen-bond donors (Lipinski definition) is 3. The minimum atomic E-state index is -0.687. The van der Waals surface area contributed by atoms with Crippen LogP contribution in [0.1, 0.15) is 50.6 Å². The van der Waals surface area contributed by atoms with E-state index in [9.17, 15) is 19.2 Å². The lowest BCUT2D eigenvalue weighted by molar-refractivity contribution is 0.0963. The standard InChI is InChI=1S/C24H26N4O6/c1-14-18-16(29)9-6-10-17(18)34-20(14)23(31)26-21-19(25-13-15-7-4-3-5-8-15)22(30)27-24(32)28(21)11-12-33-2/h3-5,7-8,25H,6,9-13H2,1-2H3,(H,26,31)(H,27,30,32). The number of H-pyrrole nitrogens is 1. The molecule has 10 nitrogen and oxygen atoms in total. The van der Waals surface area contributed by atoms with Gasteiger partial charge in [-0.15, -0.1) is 0 Å². The van der Waals surface area contributed by atoms with Crippen molar-refractivity contribution in [2.24, 2.45) is 0 Å². The van der Waals surface area contributed by atoms with E-state index in [0.717, 1.165) is 5.56 Å². The third-order valence-electron chi connectivity index (χ3n) is 5.77. The number of aryl methyl sites for hydroxylation is 1. The van der Waals surface area contributed by atoms with Crippen molar-refractivity contribution < 1.29 is 18.7 Å². The van der Waals surface area contributed by atoms with Gasteiger partial charge >= 0.3 is 5.69 Å². The molecule has 0 atom stereocenters. The molecule has 1 aliphatic rings. The maximum Gasteiger partial charge on any atom is 0.330 e. The monoisotopic (exact) mass is 466 g/mol. The number of anilines is 2. The Morgan fingerprint density at radius 2 is 1.94 bits per heavy atom. The van der Waals surface area contributed by atoms with Crippen molar-refractivity contribution in [2.75, 3.05) is 24.4 Å². The highest BCUT2D eigenvalue weighted by Gasteiger charge is 2.30. The lowest BCUT2D eigenvalue weighted by Crippen LogP contribution is -2.36. The Balaban J connectivity index is 1.73. The van der Waals surface area contributed by atoms with Crippen LogP contribution < -0.4 is 21.9 Å². The number of furan rings is 1. The van der Waals surface area contributed by atoms with Gasteiger partial charge in [-0.05, 0) is 18.9 Å². The molecule has 178 valence electrons. The quantitative estimate of drug-likeness (QED) is 0.464. The lowest BCUT2D eigenvalue weighted by atomic mass is 9.94. The number of aromatic amines is 1. The molecular weight excluding hydrogens is 440 g/mol. The highest BCUT2D eigenvalue weighted by atomic mass is 16.5. The Morgan fingerprint density at radius 3 is 2.65 bits per heavy atom. The van der Waals surface area contributed by atoms with Crippen LogP contribution in [0.3, 0.4) is 0 Å². The number of aromatic nitrogens is 2. The third kappa shape index (κ3) is 4.58. The Morgan fingerprint density at radius 1 is 1.18 bits per heavy atom. The van der Waals surface area contributed by atoms with Crippen LogP contribution in [0.25, 0.3) is 0 Å². The number of ketones is 1. The van der Waals surface area contributed by atoms with Gasteiger partial charge in [-0.1, -0.05) is 30.3 Å². The Bertz CT molecular complexity index is 1340. The van der Waals surface area contributed by atoms with Crippen molar-refractivity contribution in [1.29, 1.82) is 0 Å². The number of Topliss-reactive ketones (excluding diaryl/α,β-unsaturated/α-hetero) is 1. The minimum absolute atomic E-state index is 0.00757. The number of ether oxygens (including phenoxy) is 1. The summed E-state index contributed by atoms with van der Waals surface area (Å²) >= 11 is 0. The van der Waals surface area contributed by atoms with Gasteiger partial charge in [0.2, 0.25) is 0 Å². The van der Waals surface area contributed by atoms with Gasteiger partial charge in [0, 0.05) is 32.1 Å². The summed E-state index contributed by atoms with van der Waals surface area (Å²) in [7, 11) is 1.48. The Kier molecular flexibility index (Phi) is 6.78. The molecule has 1 aromatic carbocycles. The first kappa shape index (κ1) is 23.2. The molecule has 1 amide bonds. The van der Waals surface area contributed by atoms with Crippen LogP contribution in [0.15, 0.2) is 44.3 Å². The molecule has 0 aliphatic heterocycles. The van der Waals surface area contributed by atoms with E-state index in [1.165, 1.54) is 11.7 Å². The fourth-order valence-electron chi connectivity index (χ4n) is 4.08. The van der Waals surface area contributed by atoms with Gasteiger partial charge in [0.25, 0.3) is 11.5 Å². The SMILES string of the molecule is COCCn1c(NC(=O)c2oc3c(c2C)C(=O)CCC3)c(NCc2ccccc2)c(=O)[nH]c1=O. The summed E-state index contributed by atoms with van der Waals surface area (Å²) < 4.78 is 12.1. The van der Waals surface area contributed by atoms with Crippen LogP contribution in [0.5, 0.6) is 0 Å². The molecular formula is C24H26N4O6. The summed E-state index contributed by atoms with van der Waals surface area (Å²) in [5, 5.41) is 5.69. The van der Waals surface area contributed by atoms with E-state index >= 15 is 0 Å². The molecule has 0 unspecified atom stereocenters. The summed E-state index contributed by atoms with van der Waals surface area (Å²) in [6.45, 7) is 2.21. The first-order valence-corrected chi connectivity index (χ1v) is 11.0. The Hall–Kier alpha value is -3.92. The van der Waals surface area contributed by atoms with Crippen molar-refractivity contribution in [1.82, 2.24) is 9.55 Å². The van der Waals surface area contributed by atoms with E-state index in [2.05, 4.69) is 15.6 Å². The number of rotatable bonds is 8. The topological polar surface area (TPSA) is 135 Å². The second-order valence-electron chi connectivity index (χ2n) is 8.05. The highest BCUT2D eigenvalue weighted by molar-refractivity contribution is 6.08. The van der Waals surface area contributed by atoms with E-state index in [0.29, 0.717) is 36.1 Å². The van der Waals surface area contributed by atoms with Crippen molar-refractivity contribution in [3.63, 3.8) is 0 Å². The normalized spacial score (nSPS) is 12.9. The zero-order valence-corrected chi connectivity index (χ0v) is 19.0. The number of nitrogens with one attached hydrogen (secondary N) is 3. The molecule has 1 aliphatic carbocycles.